The van der Waals surface area contributed by atoms with Crippen molar-refractivity contribution in [1.29, 1.82) is 0 Å². The van der Waals surface area contributed by atoms with Crippen LogP contribution >= 0.6 is 15.6 Å². The molecule has 0 aromatic carbocycles. The van der Waals surface area contributed by atoms with E-state index in [4.69, 9.17) is 34.3 Å². The van der Waals surface area contributed by atoms with E-state index < -0.39 is 70.5 Å². The molecule has 1 saturated heterocycles. The third kappa shape index (κ3) is 5.17. The number of nitrogens with zero attached hydrogens (tertiary/aromatic N) is 7. The number of H-pyrrole nitrogens is 1. The molecule has 0 saturated carbocycles. The van der Waals surface area contributed by atoms with Crippen molar-refractivity contribution in [3.05, 3.63) is 46.3 Å². The highest BCUT2D eigenvalue weighted by Gasteiger charge is 2.51. The second-order valence-electron chi connectivity index (χ2n) is 9.95. The van der Waals surface area contributed by atoms with Gasteiger partial charge in [-0.3, -0.25) is 37.4 Å². The van der Waals surface area contributed by atoms with Crippen molar-refractivity contribution in [2.75, 3.05) is 24.7 Å². The minimum absolute atomic E-state index is 0.0616. The number of nitrogens with two attached hydrogens (primary N) is 2. The average Bonchev–Trinajstić information content (AvgIpc) is 3.72. The van der Waals surface area contributed by atoms with Crippen molar-refractivity contribution in [1.82, 2.24) is 39.0 Å². The summed E-state index contributed by atoms with van der Waals surface area (Å²) < 4.78 is 55.4. The van der Waals surface area contributed by atoms with Gasteiger partial charge in [0.1, 0.15) is 30.2 Å². The van der Waals surface area contributed by atoms with E-state index in [2.05, 4.69) is 29.9 Å². The average molecular weight is 668 g/mol. The van der Waals surface area contributed by atoms with Crippen molar-refractivity contribution < 1.29 is 52.0 Å². The van der Waals surface area contributed by atoms with E-state index in [1.165, 1.54) is 21.7 Å². The molecule has 4 aromatic rings. The lowest BCUT2D eigenvalue weighted by Gasteiger charge is -2.23. The molecule has 6 atom stereocenters. The van der Waals surface area contributed by atoms with Gasteiger partial charge < -0.3 is 35.8 Å². The molecule has 238 valence electrons. The Morgan fingerprint density at radius 1 is 1.04 bits per heavy atom. The number of ether oxygens (including phenoxy) is 1. The maximum atomic E-state index is 13.2. The Bertz CT molecular complexity index is 2090. The van der Waals surface area contributed by atoms with Crippen molar-refractivity contribution in [3.8, 4) is 0 Å². The number of imidazole rings is 2. The summed E-state index contributed by atoms with van der Waals surface area (Å²) in [5.74, 6) is -1.71. The number of hydrogen-bond acceptors (Lipinski definition) is 17. The Balaban J connectivity index is 1.25. The summed E-state index contributed by atoms with van der Waals surface area (Å²) in [5, 5.41) is 22.1. The lowest BCUT2D eigenvalue weighted by molar-refractivity contribution is -0.0507. The molecule has 2 aliphatic heterocycles. The first-order chi connectivity index (χ1) is 21.3. The molecule has 1 fully saturated rings. The van der Waals surface area contributed by atoms with Crippen LogP contribution in [-0.2, 0) is 32.0 Å². The number of phosphoric ester groups is 2. The number of aliphatic hydroxyl groups is 2. The van der Waals surface area contributed by atoms with Crippen LogP contribution in [0.1, 0.15) is 12.6 Å². The smallest absolute Gasteiger partial charge is 0.504 e. The van der Waals surface area contributed by atoms with Gasteiger partial charge in [-0.2, -0.15) is 9.97 Å². The predicted octanol–water partition coefficient (Wildman–Crippen LogP) is -0.584. The van der Waals surface area contributed by atoms with Gasteiger partial charge in [-0.1, -0.05) is 0 Å². The van der Waals surface area contributed by atoms with E-state index in [1.54, 1.807) is 0 Å². The van der Waals surface area contributed by atoms with Crippen LogP contribution in [0, 0.1) is 0 Å². The van der Waals surface area contributed by atoms with Gasteiger partial charge in [0.2, 0.25) is 11.9 Å². The Labute approximate surface area is 248 Å². The molecule has 7 rings (SSSR count). The Morgan fingerprint density at radius 3 is 2.64 bits per heavy atom. The fraction of sp³-hybridized carbons (Fsp3) is 0.333. The second kappa shape index (κ2) is 10.4. The largest absolute Gasteiger partial charge is 0.527 e. The maximum Gasteiger partial charge on any atom is 0.527 e. The molecule has 45 heavy (non-hydrogen) atoms. The molecule has 22 nitrogen and oxygen atoms in total. The van der Waals surface area contributed by atoms with Gasteiger partial charge in [-0.25, -0.2) is 24.1 Å². The molecule has 3 aliphatic rings. The van der Waals surface area contributed by atoms with Crippen LogP contribution in [-0.4, -0.2) is 90.6 Å². The van der Waals surface area contributed by atoms with E-state index in [1.807, 2.05) is 0 Å². The normalized spacial score (nSPS) is 31.1. The number of fused-ring (bicyclic) bond motifs is 4. The fourth-order valence-corrected chi connectivity index (χ4v) is 6.85. The lowest BCUT2D eigenvalue weighted by atomic mass is 10.1. The Hall–Kier alpha value is -4.24. The van der Waals surface area contributed by atoms with Gasteiger partial charge in [0, 0.05) is 12.0 Å². The molecule has 4 aromatic heterocycles. The number of nitrogens with one attached hydrogen (secondary N) is 1. The maximum absolute atomic E-state index is 13.2. The Kier molecular flexibility index (Phi) is 6.82. The molecule has 0 spiro atoms. The summed E-state index contributed by atoms with van der Waals surface area (Å²) in [5.41, 5.74) is 10.7. The number of phosphoric acid groups is 2. The summed E-state index contributed by atoms with van der Waals surface area (Å²) in [6, 6.07) is 0. The first kappa shape index (κ1) is 29.5. The van der Waals surface area contributed by atoms with Crippen molar-refractivity contribution in [2.45, 2.75) is 31.0 Å². The van der Waals surface area contributed by atoms with Crippen LogP contribution in [0.15, 0.2) is 40.7 Å². The zero-order valence-corrected chi connectivity index (χ0v) is 24.2. The van der Waals surface area contributed by atoms with E-state index >= 15 is 0 Å². The van der Waals surface area contributed by atoms with Crippen molar-refractivity contribution in [3.63, 3.8) is 0 Å². The fourth-order valence-electron chi connectivity index (χ4n) is 5.09. The highest BCUT2D eigenvalue weighted by molar-refractivity contribution is 7.47. The first-order valence-electron chi connectivity index (χ1n) is 12.8. The standard InChI is InChI=1S/C21H22N10O12P2/c22-20-24-2-8-16(27-20)31(5-25-8)19-13(33)15-10(41-19)4-40-45(37,38)42-14-9(1-7(12(14)32)3-39-44(35,36)43-15)30-6-26-11-17(30)28-21(23)29-18(11)34/h2,5-6,10,13,15,19,32-33H,1,3-4H2,(H,35,36)(H,37,38)(H2,22,24,27)(H3,23,28,29,34)/t10-,13?,15?,19-/m1/s1. The highest BCUT2D eigenvalue weighted by Crippen LogP contribution is 2.54. The van der Waals surface area contributed by atoms with Crippen LogP contribution in [0.5, 0.6) is 0 Å². The van der Waals surface area contributed by atoms with Gasteiger partial charge in [-0.15, -0.1) is 0 Å². The number of allylic oxidation sites excluding steroid dienone is 1. The van der Waals surface area contributed by atoms with Gasteiger partial charge in [0.15, 0.2) is 34.6 Å². The summed E-state index contributed by atoms with van der Waals surface area (Å²) in [6.07, 6.45) is -2.79. The number of anilines is 2. The minimum atomic E-state index is -5.13. The van der Waals surface area contributed by atoms with Crippen molar-refractivity contribution >= 4 is 55.6 Å². The summed E-state index contributed by atoms with van der Waals surface area (Å²) >= 11 is 0. The van der Waals surface area contributed by atoms with Crippen LogP contribution < -0.4 is 17.0 Å². The molecule has 6 heterocycles. The van der Waals surface area contributed by atoms with Crippen molar-refractivity contribution in [2.24, 2.45) is 0 Å². The van der Waals surface area contributed by atoms with E-state index in [9.17, 15) is 33.9 Å². The number of aromatic amines is 1. The van der Waals surface area contributed by atoms with Crippen LogP contribution in [0.25, 0.3) is 28.0 Å². The third-order valence-electron chi connectivity index (χ3n) is 7.09. The van der Waals surface area contributed by atoms with E-state index in [0.717, 1.165) is 6.33 Å². The SMILES string of the molecule is Nc1ncc2ncn([C@@H]3O[C@@H]4COP(=O)(O)OC5=C(n6cnc7c(=O)[nH]c(N)nc76)CC(=C5O)COP(=O)(O)OC4C3O)c2n1. The second-order valence-corrected chi connectivity index (χ2v) is 12.7. The quantitative estimate of drug-likeness (QED) is 0.131. The minimum Gasteiger partial charge on any atom is -0.504 e. The zero-order chi connectivity index (χ0) is 31.8. The molecule has 4 unspecified atom stereocenters. The summed E-state index contributed by atoms with van der Waals surface area (Å²) in [7, 11) is -10.2. The molecular formula is C21H22N10O12P2. The first-order valence-corrected chi connectivity index (χ1v) is 15.8. The number of aliphatic hydroxyl groups excluding tert-OH is 2. The molecular weight excluding hydrogens is 646 g/mol. The lowest BCUT2D eigenvalue weighted by Crippen LogP contribution is -2.36. The van der Waals surface area contributed by atoms with Gasteiger partial charge >= 0.3 is 15.6 Å². The third-order valence-corrected chi connectivity index (χ3v) is 8.95. The number of rotatable bonds is 2. The number of hydrogen-bond donors (Lipinski definition) is 7. The van der Waals surface area contributed by atoms with Gasteiger partial charge in [0.05, 0.1) is 31.4 Å². The monoisotopic (exact) mass is 668 g/mol. The van der Waals surface area contributed by atoms with Gasteiger partial charge in [-0.05, 0) is 0 Å². The van der Waals surface area contributed by atoms with E-state index in [0.29, 0.717) is 0 Å². The Morgan fingerprint density at radius 2 is 1.84 bits per heavy atom. The number of nitrogen functional groups attached to an aromatic ring is 2. The van der Waals surface area contributed by atoms with Crippen LogP contribution in [0.3, 0.4) is 0 Å². The molecule has 2 bridgehead atoms. The van der Waals surface area contributed by atoms with E-state index in [-0.39, 0.29) is 51.9 Å². The highest BCUT2D eigenvalue weighted by atomic mass is 31.2. The van der Waals surface area contributed by atoms with Crippen LogP contribution in [0.4, 0.5) is 11.9 Å². The van der Waals surface area contributed by atoms with Crippen LogP contribution in [0.2, 0.25) is 0 Å². The molecule has 0 amide bonds. The molecule has 24 heteroatoms. The summed E-state index contributed by atoms with van der Waals surface area (Å²) in [4.78, 5) is 55.9. The summed E-state index contributed by atoms with van der Waals surface area (Å²) in [6.45, 7) is -1.59. The molecule has 9 N–H and O–H groups in total. The zero-order valence-electron chi connectivity index (χ0n) is 22.4. The topological polar surface area (TPSA) is 320 Å². The molecule has 1 aliphatic carbocycles. The predicted molar refractivity (Wildman–Crippen MR) is 147 cm³/mol. The number of aromatic nitrogens is 8. The van der Waals surface area contributed by atoms with Gasteiger partial charge in [0.25, 0.3) is 5.56 Å². The molecule has 0 radical (unpaired) electrons.